The summed E-state index contributed by atoms with van der Waals surface area (Å²) < 4.78 is 168. The Morgan fingerprint density at radius 2 is 1.45 bits per heavy atom. The molecule has 0 radical (unpaired) electrons. The number of hydrogen-bond acceptors (Lipinski definition) is 5. The minimum absolute atomic E-state index is 0.0970. The van der Waals surface area contributed by atoms with Crippen LogP contribution in [0.3, 0.4) is 0 Å². The van der Waals surface area contributed by atoms with E-state index in [2.05, 4.69) is 9.72 Å². The van der Waals surface area contributed by atoms with Crippen molar-refractivity contribution >= 4 is 5.69 Å². The Kier molecular flexibility index (Phi) is 9.44. The van der Waals surface area contributed by atoms with Gasteiger partial charge >= 0.3 is 30.8 Å². The molecule has 17 heteroatoms. The summed E-state index contributed by atoms with van der Waals surface area (Å²) in [6, 6.07) is 9.30. The van der Waals surface area contributed by atoms with Crippen molar-refractivity contribution in [3.05, 3.63) is 78.0 Å². The Bertz CT molecular complexity index is 1350. The summed E-state index contributed by atoms with van der Waals surface area (Å²) in [4.78, 5) is 4.31. The molecule has 1 heterocycles. The number of alkyl halides is 12. The Hall–Kier alpha value is -3.89. The third kappa shape index (κ3) is 7.68. The molecule has 2 aromatic carbocycles. The number of rotatable bonds is 11. The maximum absolute atomic E-state index is 14.3. The third-order valence-electron chi connectivity index (χ3n) is 5.52. The van der Waals surface area contributed by atoms with Gasteiger partial charge in [0.25, 0.3) is 0 Å². The molecule has 0 unspecified atom stereocenters. The largest absolute Gasteiger partial charge is 0.460 e. The van der Waals surface area contributed by atoms with Gasteiger partial charge in [0.1, 0.15) is 11.5 Å². The molecule has 0 bridgehead atoms. The van der Waals surface area contributed by atoms with E-state index in [1.807, 2.05) is 0 Å². The first kappa shape index (κ1) is 32.6. The fourth-order valence-corrected chi connectivity index (χ4v) is 3.51. The Balaban J connectivity index is 1.95. The molecule has 5 nitrogen and oxygen atoms in total. The van der Waals surface area contributed by atoms with Gasteiger partial charge in [0.2, 0.25) is 5.88 Å². The van der Waals surface area contributed by atoms with Crippen LogP contribution in [0.5, 0.6) is 17.4 Å². The number of nitrogens with zero attached hydrogens (tertiary/aromatic N) is 2. The van der Waals surface area contributed by atoms with Crippen molar-refractivity contribution in [2.45, 2.75) is 43.5 Å². The molecule has 0 saturated carbocycles. The maximum Gasteiger partial charge on any atom is 0.460 e. The van der Waals surface area contributed by atoms with Gasteiger partial charge in [0.05, 0.1) is 6.54 Å². The number of ether oxygens (including phenoxy) is 2. The third-order valence-corrected chi connectivity index (χ3v) is 5.52. The van der Waals surface area contributed by atoms with Gasteiger partial charge in [-0.1, -0.05) is 24.3 Å². The fourth-order valence-electron chi connectivity index (χ4n) is 3.51. The van der Waals surface area contributed by atoms with Crippen molar-refractivity contribution in [3.63, 3.8) is 0 Å². The van der Waals surface area contributed by atoms with E-state index in [1.54, 1.807) is 0 Å². The predicted octanol–water partition coefficient (Wildman–Crippen LogP) is 7.69. The summed E-state index contributed by atoms with van der Waals surface area (Å²) >= 11 is 0. The number of hydrogen-bond donors (Lipinski definition) is 1. The minimum Gasteiger partial charge on any atom is -0.457 e. The van der Waals surface area contributed by atoms with E-state index < -0.39 is 67.0 Å². The number of pyridine rings is 1. The van der Waals surface area contributed by atoms with Crippen LogP contribution in [-0.2, 0) is 12.5 Å². The molecular formula is C25H18F12N2O3. The summed E-state index contributed by atoms with van der Waals surface area (Å²) in [5.74, 6) is -12.9. The van der Waals surface area contributed by atoms with E-state index in [-0.39, 0.29) is 23.3 Å². The number of anilines is 1. The molecule has 0 aliphatic heterocycles. The fraction of sp³-hybridized carbons (Fsp3) is 0.320. The number of halogens is 12. The lowest BCUT2D eigenvalue weighted by Crippen LogP contribution is -2.50. The van der Waals surface area contributed by atoms with Crippen LogP contribution in [0, 0.1) is 0 Å². The Morgan fingerprint density at radius 1 is 0.810 bits per heavy atom. The molecule has 0 fully saturated rings. The zero-order valence-corrected chi connectivity index (χ0v) is 20.6. The van der Waals surface area contributed by atoms with Crippen LogP contribution in [0.2, 0.25) is 0 Å². The lowest BCUT2D eigenvalue weighted by atomic mass is 9.99. The van der Waals surface area contributed by atoms with Gasteiger partial charge in [-0.15, -0.1) is 0 Å². The first-order chi connectivity index (χ1) is 19.3. The number of aromatic nitrogens is 1. The van der Waals surface area contributed by atoms with Gasteiger partial charge in [0, 0.05) is 36.1 Å². The second-order valence-electron chi connectivity index (χ2n) is 8.59. The van der Waals surface area contributed by atoms with Crippen LogP contribution in [0.4, 0.5) is 58.4 Å². The smallest absolute Gasteiger partial charge is 0.457 e. The quantitative estimate of drug-likeness (QED) is 0.222. The Labute approximate surface area is 228 Å². The van der Waals surface area contributed by atoms with Crippen molar-refractivity contribution in [2.24, 2.45) is 0 Å². The summed E-state index contributed by atoms with van der Waals surface area (Å²) in [5, 5.41) is 9.66. The lowest BCUT2D eigenvalue weighted by molar-refractivity contribution is -0.359. The molecular weight excluding hydrogens is 604 g/mol. The number of aliphatic hydroxyl groups is 1. The Morgan fingerprint density at radius 3 is 2.07 bits per heavy atom. The highest BCUT2D eigenvalue weighted by Gasteiger charge is 2.73. The van der Waals surface area contributed by atoms with E-state index >= 15 is 0 Å². The predicted molar refractivity (Wildman–Crippen MR) is 122 cm³/mol. The van der Waals surface area contributed by atoms with Crippen molar-refractivity contribution in [3.8, 4) is 17.4 Å². The van der Waals surface area contributed by atoms with E-state index in [9.17, 15) is 57.8 Å². The zero-order valence-electron chi connectivity index (χ0n) is 20.6. The van der Waals surface area contributed by atoms with Crippen LogP contribution in [0.25, 0.3) is 0 Å². The topological polar surface area (TPSA) is 54.8 Å². The number of aliphatic hydroxyl groups excluding tert-OH is 1. The zero-order chi connectivity index (χ0) is 31.5. The van der Waals surface area contributed by atoms with Crippen molar-refractivity contribution in [1.82, 2.24) is 4.98 Å². The van der Waals surface area contributed by atoms with Crippen molar-refractivity contribution in [1.29, 1.82) is 0 Å². The van der Waals surface area contributed by atoms with E-state index in [4.69, 9.17) is 4.74 Å². The highest BCUT2D eigenvalue weighted by Crippen LogP contribution is 2.51. The normalized spacial score (nSPS) is 13.7. The lowest BCUT2D eigenvalue weighted by Gasteiger charge is -2.30. The molecule has 1 N–H and O–H groups in total. The highest BCUT2D eigenvalue weighted by molar-refractivity contribution is 5.52. The molecule has 3 aromatic rings. The second kappa shape index (κ2) is 12.1. The summed E-state index contributed by atoms with van der Waals surface area (Å²) in [5.41, 5.74) is -2.31. The summed E-state index contributed by atoms with van der Waals surface area (Å²) in [6.45, 7) is -5.21. The average molecular weight is 622 g/mol. The van der Waals surface area contributed by atoms with Crippen LogP contribution in [-0.4, -0.2) is 47.6 Å². The van der Waals surface area contributed by atoms with E-state index in [0.717, 1.165) is 29.3 Å². The molecule has 0 spiro atoms. The van der Waals surface area contributed by atoms with Gasteiger partial charge < -0.3 is 19.5 Å². The van der Waals surface area contributed by atoms with Crippen LogP contribution in [0.15, 0.2) is 66.9 Å². The second-order valence-corrected chi connectivity index (χ2v) is 8.59. The van der Waals surface area contributed by atoms with Gasteiger partial charge in [-0.2, -0.15) is 52.7 Å². The SMILES string of the molecule is O[C@H](CN(Cc1cccc(C(F)(F)C(F)(F)C(F)(F)F)c1)c1cccc(Oc2ccnc(OC(F)F)c2)c1)C(F)(F)F. The average Bonchev–Trinajstić information content (AvgIpc) is 2.87. The first-order valence-corrected chi connectivity index (χ1v) is 11.4. The summed E-state index contributed by atoms with van der Waals surface area (Å²) in [7, 11) is 0. The van der Waals surface area contributed by atoms with E-state index in [0.29, 0.717) is 12.1 Å². The molecule has 230 valence electrons. The maximum atomic E-state index is 14.3. The molecule has 1 atom stereocenters. The van der Waals surface area contributed by atoms with Gasteiger partial charge in [0.15, 0.2) is 6.10 Å². The molecule has 0 amide bonds. The summed E-state index contributed by atoms with van der Waals surface area (Å²) in [6.07, 6.45) is -13.7. The molecule has 3 rings (SSSR count). The van der Waals surface area contributed by atoms with Gasteiger partial charge in [-0.3, -0.25) is 0 Å². The molecule has 1 aromatic heterocycles. The van der Waals surface area contributed by atoms with E-state index in [1.165, 1.54) is 24.3 Å². The molecule has 0 saturated heterocycles. The molecule has 0 aliphatic carbocycles. The van der Waals surface area contributed by atoms with Crippen LogP contribution in [0.1, 0.15) is 11.1 Å². The van der Waals surface area contributed by atoms with Crippen molar-refractivity contribution in [2.75, 3.05) is 11.4 Å². The van der Waals surface area contributed by atoms with Gasteiger partial charge in [-0.25, -0.2) is 4.98 Å². The van der Waals surface area contributed by atoms with Crippen LogP contribution >= 0.6 is 0 Å². The first-order valence-electron chi connectivity index (χ1n) is 11.4. The standard InChI is InChI=1S/C25H18F12N2O3/c26-21(27)42-20-11-18(7-8-38-20)41-17-6-2-5-16(10-17)39(13-19(40)23(30,31)32)12-14-3-1-4-15(9-14)22(28,29)24(33,34)25(35,36)37/h1-11,19,21,40H,12-13H2/t19-/m1/s1. The minimum atomic E-state index is -6.61. The molecule has 0 aliphatic rings. The molecule has 42 heavy (non-hydrogen) atoms. The number of benzene rings is 2. The van der Waals surface area contributed by atoms with Crippen molar-refractivity contribution < 1.29 is 67.3 Å². The highest BCUT2D eigenvalue weighted by atomic mass is 19.4. The van der Waals surface area contributed by atoms with Crippen LogP contribution < -0.4 is 14.4 Å². The van der Waals surface area contributed by atoms with Gasteiger partial charge in [-0.05, 0) is 29.8 Å². The monoisotopic (exact) mass is 622 g/mol.